The highest BCUT2D eigenvalue weighted by Crippen LogP contribution is 2.36. The van der Waals surface area contributed by atoms with Crippen LogP contribution in [0.3, 0.4) is 0 Å². The molecule has 4 rings (SSSR count). The van der Waals surface area contributed by atoms with E-state index in [0.29, 0.717) is 18.7 Å². The van der Waals surface area contributed by atoms with Crippen LogP contribution in [0, 0.1) is 23.1 Å². The Kier molecular flexibility index (Phi) is 8.48. The molecule has 1 N–H and O–H groups in total. The number of hydrogen-bond acceptors (Lipinski definition) is 6. The van der Waals surface area contributed by atoms with Crippen LogP contribution in [0.5, 0.6) is 5.75 Å². The summed E-state index contributed by atoms with van der Waals surface area (Å²) in [5.41, 5.74) is 2.93. The second-order valence-corrected chi connectivity index (χ2v) is 11.8. The lowest BCUT2D eigenvalue weighted by atomic mass is 10.0. The highest BCUT2D eigenvalue weighted by molar-refractivity contribution is 7.89. The summed E-state index contributed by atoms with van der Waals surface area (Å²) >= 11 is 0. The summed E-state index contributed by atoms with van der Waals surface area (Å²) in [7, 11) is -2.04. The maximum absolute atomic E-state index is 13.7. The Balaban J connectivity index is 1.72. The van der Waals surface area contributed by atoms with Crippen LogP contribution in [0.15, 0.2) is 71.6 Å². The van der Waals surface area contributed by atoms with E-state index >= 15 is 0 Å². The van der Waals surface area contributed by atoms with Gasteiger partial charge < -0.3 is 9.84 Å². The summed E-state index contributed by atoms with van der Waals surface area (Å²) in [6.45, 7) is 4.46. The summed E-state index contributed by atoms with van der Waals surface area (Å²) in [5.74, 6) is -0.271. The number of aliphatic hydroxyl groups excluding tert-OH is 1. The molecule has 200 valence electrons. The normalized spacial score (nSPS) is 20.0. The van der Waals surface area contributed by atoms with Crippen molar-refractivity contribution in [1.82, 2.24) is 9.21 Å². The van der Waals surface area contributed by atoms with E-state index in [0.717, 1.165) is 16.7 Å². The number of sulfonamides is 1. The van der Waals surface area contributed by atoms with Crippen LogP contribution in [0.1, 0.15) is 25.0 Å². The number of aliphatic hydroxyl groups is 1. The Bertz CT molecular complexity index is 1420. The van der Waals surface area contributed by atoms with Crippen LogP contribution in [0.4, 0.5) is 4.39 Å². The summed E-state index contributed by atoms with van der Waals surface area (Å²) in [6, 6.07) is 19.9. The third kappa shape index (κ3) is 6.05. The zero-order valence-electron chi connectivity index (χ0n) is 21.7. The standard InChI is InChI=1S/C29H32FN3O4S/c1-20-16-33(21(2)19-34)38(35,36)29-12-11-25(24-9-7-22(15-31)8-10-24)14-27(29)37-28(20)18-32(3)17-23-5-4-6-26(30)13-23/h4-14,20-21,28,34H,16-19H2,1-3H3/t20-,21-,28+/m1/s1. The topological polar surface area (TPSA) is 93.9 Å². The van der Waals surface area contributed by atoms with Crippen LogP contribution < -0.4 is 4.74 Å². The van der Waals surface area contributed by atoms with Crippen LogP contribution in [-0.2, 0) is 16.6 Å². The van der Waals surface area contributed by atoms with Gasteiger partial charge in [0.15, 0.2) is 0 Å². The molecule has 0 unspecified atom stereocenters. The van der Waals surface area contributed by atoms with Gasteiger partial charge in [0.2, 0.25) is 10.0 Å². The highest BCUT2D eigenvalue weighted by Gasteiger charge is 2.38. The van der Waals surface area contributed by atoms with Gasteiger partial charge in [-0.1, -0.05) is 37.3 Å². The molecule has 3 aromatic rings. The number of halogens is 1. The quantitative estimate of drug-likeness (QED) is 0.484. The highest BCUT2D eigenvalue weighted by atomic mass is 32.2. The largest absolute Gasteiger partial charge is 0.487 e. The number of nitriles is 1. The van der Waals surface area contributed by atoms with Gasteiger partial charge in [-0.25, -0.2) is 12.8 Å². The van der Waals surface area contributed by atoms with Crippen molar-refractivity contribution in [3.05, 3.63) is 83.7 Å². The van der Waals surface area contributed by atoms with E-state index in [9.17, 15) is 17.9 Å². The lowest BCUT2D eigenvalue weighted by Gasteiger charge is -2.37. The molecule has 0 saturated carbocycles. The van der Waals surface area contributed by atoms with Crippen molar-refractivity contribution < 1.29 is 22.7 Å². The molecule has 0 aliphatic carbocycles. The van der Waals surface area contributed by atoms with E-state index in [-0.39, 0.29) is 41.6 Å². The van der Waals surface area contributed by atoms with Crippen molar-refractivity contribution in [3.8, 4) is 22.9 Å². The van der Waals surface area contributed by atoms with Crippen molar-refractivity contribution in [2.24, 2.45) is 5.92 Å². The molecular formula is C29H32FN3O4S. The van der Waals surface area contributed by atoms with E-state index in [4.69, 9.17) is 10.00 Å². The van der Waals surface area contributed by atoms with Crippen LogP contribution in [0.2, 0.25) is 0 Å². The molecule has 1 aliphatic heterocycles. The summed E-state index contributed by atoms with van der Waals surface area (Å²) in [5, 5.41) is 19.0. The maximum atomic E-state index is 13.7. The number of likely N-dealkylation sites (N-methyl/N-ethyl adjacent to an activating group) is 1. The molecule has 0 radical (unpaired) electrons. The minimum Gasteiger partial charge on any atom is -0.487 e. The zero-order chi connectivity index (χ0) is 27.4. The monoisotopic (exact) mass is 537 g/mol. The molecule has 0 saturated heterocycles. The van der Waals surface area contributed by atoms with Crippen molar-refractivity contribution in [2.45, 2.75) is 37.4 Å². The van der Waals surface area contributed by atoms with Gasteiger partial charge in [0.1, 0.15) is 22.6 Å². The van der Waals surface area contributed by atoms with Gasteiger partial charge in [0.25, 0.3) is 0 Å². The smallest absolute Gasteiger partial charge is 0.247 e. The first-order chi connectivity index (χ1) is 18.1. The average molecular weight is 538 g/mol. The third-order valence-corrected chi connectivity index (χ3v) is 8.87. The van der Waals surface area contributed by atoms with Crippen molar-refractivity contribution >= 4 is 10.0 Å². The predicted octanol–water partition coefficient (Wildman–Crippen LogP) is 4.26. The summed E-state index contributed by atoms with van der Waals surface area (Å²) < 4.78 is 48.9. The SMILES string of the molecule is C[C@@H]1CN([C@H](C)CO)S(=O)(=O)c2ccc(-c3ccc(C#N)cc3)cc2O[C@H]1CN(C)Cc1cccc(F)c1. The second-order valence-electron chi connectivity index (χ2n) is 9.92. The first-order valence-corrected chi connectivity index (χ1v) is 13.9. The number of rotatable bonds is 7. The Labute approximate surface area is 223 Å². The van der Waals surface area contributed by atoms with E-state index in [1.807, 2.05) is 37.1 Å². The third-order valence-electron chi connectivity index (χ3n) is 6.85. The molecule has 0 fully saturated rings. The Hall–Kier alpha value is -3.29. The van der Waals surface area contributed by atoms with Crippen LogP contribution in [0.25, 0.3) is 11.1 Å². The fourth-order valence-electron chi connectivity index (χ4n) is 4.68. The number of fused-ring (bicyclic) bond motifs is 1. The Morgan fingerprint density at radius 2 is 1.87 bits per heavy atom. The van der Waals surface area contributed by atoms with Gasteiger partial charge >= 0.3 is 0 Å². The van der Waals surface area contributed by atoms with Crippen molar-refractivity contribution in [2.75, 3.05) is 26.7 Å². The van der Waals surface area contributed by atoms with E-state index in [1.165, 1.54) is 16.4 Å². The lowest BCUT2D eigenvalue weighted by Crippen LogP contribution is -2.49. The second kappa shape index (κ2) is 11.6. The van der Waals surface area contributed by atoms with Gasteiger partial charge in [0, 0.05) is 31.6 Å². The molecule has 1 aliphatic rings. The van der Waals surface area contributed by atoms with Crippen LogP contribution >= 0.6 is 0 Å². The molecule has 1 heterocycles. The molecule has 9 heteroatoms. The van der Waals surface area contributed by atoms with E-state index in [2.05, 4.69) is 6.07 Å². The predicted molar refractivity (Wildman–Crippen MR) is 143 cm³/mol. The molecule has 0 aromatic heterocycles. The zero-order valence-corrected chi connectivity index (χ0v) is 22.5. The molecule has 3 atom stereocenters. The molecular weight excluding hydrogens is 505 g/mol. The van der Waals surface area contributed by atoms with Gasteiger partial charge in [-0.15, -0.1) is 0 Å². The molecule has 3 aromatic carbocycles. The van der Waals surface area contributed by atoms with Crippen molar-refractivity contribution in [1.29, 1.82) is 5.26 Å². The van der Waals surface area contributed by atoms with Crippen molar-refractivity contribution in [3.63, 3.8) is 0 Å². The molecule has 0 spiro atoms. The number of ether oxygens (including phenoxy) is 1. The summed E-state index contributed by atoms with van der Waals surface area (Å²) in [6.07, 6.45) is -0.382. The number of hydrogen-bond donors (Lipinski definition) is 1. The van der Waals surface area contributed by atoms with E-state index < -0.39 is 16.1 Å². The van der Waals surface area contributed by atoms with Gasteiger partial charge in [-0.3, -0.25) is 4.90 Å². The molecule has 0 bridgehead atoms. The number of nitrogens with zero attached hydrogens (tertiary/aromatic N) is 3. The Morgan fingerprint density at radius 1 is 1.16 bits per heavy atom. The van der Waals surface area contributed by atoms with Gasteiger partial charge in [-0.2, -0.15) is 9.57 Å². The minimum absolute atomic E-state index is 0.0416. The number of benzene rings is 3. The Morgan fingerprint density at radius 3 is 2.53 bits per heavy atom. The molecule has 7 nitrogen and oxygen atoms in total. The summed E-state index contributed by atoms with van der Waals surface area (Å²) in [4.78, 5) is 2.07. The van der Waals surface area contributed by atoms with Gasteiger partial charge in [0.05, 0.1) is 18.2 Å². The maximum Gasteiger partial charge on any atom is 0.247 e. The molecule has 38 heavy (non-hydrogen) atoms. The fraction of sp³-hybridized carbons (Fsp3) is 0.345. The van der Waals surface area contributed by atoms with Gasteiger partial charge in [-0.05, 0) is 67.1 Å². The fourth-order valence-corrected chi connectivity index (χ4v) is 6.50. The minimum atomic E-state index is -3.95. The van der Waals surface area contributed by atoms with E-state index in [1.54, 1.807) is 43.3 Å². The first kappa shape index (κ1) is 27.7. The first-order valence-electron chi connectivity index (χ1n) is 12.5. The molecule has 0 amide bonds. The average Bonchev–Trinajstić information content (AvgIpc) is 2.90. The lowest BCUT2D eigenvalue weighted by molar-refractivity contribution is 0.0734. The van der Waals surface area contributed by atoms with Crippen LogP contribution in [-0.4, -0.2) is 61.6 Å².